The number of hydrogen-bond acceptors (Lipinski definition) is 4. The number of rotatable bonds is 3. The van der Waals surface area contributed by atoms with Crippen molar-refractivity contribution in [3.05, 3.63) is 29.2 Å². The number of hydrogen-bond donors (Lipinski definition) is 1. The average Bonchev–Trinajstić information content (AvgIpc) is 3.08. The fourth-order valence-electron chi connectivity index (χ4n) is 7.92. The number of allylic oxidation sites excluding steroid dienone is 2. The summed E-state index contributed by atoms with van der Waals surface area (Å²) >= 11 is 6.92. The van der Waals surface area contributed by atoms with Crippen LogP contribution >= 0.6 is 11.6 Å². The molecule has 1 aromatic heterocycles. The highest BCUT2D eigenvalue weighted by Gasteiger charge is 2.60. The van der Waals surface area contributed by atoms with Gasteiger partial charge in [0.05, 0.1) is 18.1 Å². The lowest BCUT2D eigenvalue weighted by Gasteiger charge is -2.59. The largest absolute Gasteiger partial charge is 0.325 e. The van der Waals surface area contributed by atoms with E-state index in [1.165, 1.54) is 0 Å². The molecule has 2 unspecified atom stereocenters. The van der Waals surface area contributed by atoms with Crippen LogP contribution in [-0.2, 0) is 9.59 Å². The Kier molecular flexibility index (Phi) is 5.35. The van der Waals surface area contributed by atoms with Crippen molar-refractivity contribution >= 4 is 29.1 Å². The monoisotopic (exact) mass is 456 g/mol. The zero-order valence-electron chi connectivity index (χ0n) is 19.2. The number of nitrogens with zero attached hydrogens (tertiary/aromatic N) is 3. The van der Waals surface area contributed by atoms with Crippen LogP contribution in [0.15, 0.2) is 29.2 Å². The number of amides is 2. The van der Waals surface area contributed by atoms with E-state index < -0.39 is 0 Å². The highest BCUT2D eigenvalue weighted by atomic mass is 35.5. The predicted molar refractivity (Wildman–Crippen MR) is 123 cm³/mol. The second-order valence-corrected chi connectivity index (χ2v) is 11.4. The number of carbonyl (C=O) groups is 2. The molecule has 2 amide bonds. The Morgan fingerprint density at radius 2 is 2.03 bits per heavy atom. The van der Waals surface area contributed by atoms with E-state index in [1.54, 1.807) is 18.5 Å². The summed E-state index contributed by atoms with van der Waals surface area (Å²) in [6.07, 6.45) is 10.7. The molecule has 7 heteroatoms. The fourth-order valence-corrected chi connectivity index (χ4v) is 8.45. The minimum atomic E-state index is -0.0200. The van der Waals surface area contributed by atoms with E-state index in [0.717, 1.165) is 49.3 Å². The second-order valence-electron chi connectivity index (χ2n) is 10.9. The normalized spacial score (nSPS) is 38.8. The van der Waals surface area contributed by atoms with Crippen molar-refractivity contribution in [3.63, 3.8) is 0 Å². The lowest BCUT2D eigenvalue weighted by atomic mass is 9.49. The molecule has 6 atom stereocenters. The number of fused-ring (bicyclic) bond motifs is 5. The van der Waals surface area contributed by atoms with E-state index in [-0.39, 0.29) is 22.6 Å². The van der Waals surface area contributed by atoms with Crippen LogP contribution in [0.3, 0.4) is 0 Å². The lowest BCUT2D eigenvalue weighted by molar-refractivity contribution is -0.136. The van der Waals surface area contributed by atoms with E-state index in [1.807, 2.05) is 11.9 Å². The van der Waals surface area contributed by atoms with Crippen LogP contribution in [0, 0.1) is 34.5 Å². The molecule has 0 aromatic carbocycles. The van der Waals surface area contributed by atoms with Gasteiger partial charge in [-0.3, -0.25) is 9.59 Å². The topological polar surface area (TPSA) is 75.2 Å². The van der Waals surface area contributed by atoms with Gasteiger partial charge in [-0.2, -0.15) is 10.2 Å². The molecule has 3 fully saturated rings. The van der Waals surface area contributed by atoms with Gasteiger partial charge in [-0.15, -0.1) is 0 Å². The maximum Gasteiger partial charge on any atom is 0.226 e. The summed E-state index contributed by atoms with van der Waals surface area (Å²) in [5.41, 5.74) is 1.93. The van der Waals surface area contributed by atoms with Crippen LogP contribution in [0.4, 0.5) is 5.69 Å². The van der Waals surface area contributed by atoms with Gasteiger partial charge in [-0.25, -0.2) is 0 Å². The standard InChI is InChI=1S/C25H33ClN4O2/c1-24-9-6-19-17(13-20(26)23-25(19,2)10-7-22(32)30(23)3)18(24)5-4-15(24)12-21(31)29-16-8-11-27-28-14-16/h8,11,14-15,17-19H,4-7,9-10,12-13H2,1-3H3,(H,27,29,31)/t15-,17?,18+,19?,24-,25-/m1/s1. The molecule has 1 saturated heterocycles. The average molecular weight is 457 g/mol. The number of nitrogens with one attached hydrogen (secondary N) is 1. The lowest BCUT2D eigenvalue weighted by Crippen LogP contribution is -2.54. The summed E-state index contributed by atoms with van der Waals surface area (Å²) in [6, 6.07) is 1.77. The van der Waals surface area contributed by atoms with Gasteiger partial charge in [0, 0.05) is 36.0 Å². The van der Waals surface area contributed by atoms with Gasteiger partial charge in [0.1, 0.15) is 0 Å². The van der Waals surface area contributed by atoms with Crippen molar-refractivity contribution in [1.29, 1.82) is 0 Å². The predicted octanol–water partition coefficient (Wildman–Crippen LogP) is 4.98. The fraction of sp³-hybridized carbons (Fsp3) is 0.680. The minimum absolute atomic E-state index is 0.0200. The van der Waals surface area contributed by atoms with Gasteiger partial charge in [-0.1, -0.05) is 25.4 Å². The molecule has 6 nitrogen and oxygen atoms in total. The quantitative estimate of drug-likeness (QED) is 0.696. The number of anilines is 1. The Bertz CT molecular complexity index is 966. The van der Waals surface area contributed by atoms with Crippen LogP contribution in [0.25, 0.3) is 0 Å². The summed E-state index contributed by atoms with van der Waals surface area (Å²) in [4.78, 5) is 27.0. The number of carbonyl (C=O) groups excluding carboxylic acids is 2. The van der Waals surface area contributed by atoms with Gasteiger partial charge < -0.3 is 10.2 Å². The van der Waals surface area contributed by atoms with Crippen molar-refractivity contribution in [2.45, 2.75) is 65.2 Å². The van der Waals surface area contributed by atoms with Gasteiger partial charge in [0.2, 0.25) is 11.8 Å². The van der Waals surface area contributed by atoms with Crippen molar-refractivity contribution < 1.29 is 9.59 Å². The van der Waals surface area contributed by atoms with Crippen LogP contribution in [0.1, 0.15) is 65.2 Å². The Hall–Kier alpha value is -1.95. The molecule has 32 heavy (non-hydrogen) atoms. The number of likely N-dealkylation sites (tertiary alicyclic amines) is 1. The molecule has 0 bridgehead atoms. The Morgan fingerprint density at radius 3 is 2.78 bits per heavy atom. The second kappa shape index (κ2) is 7.82. The third-order valence-corrected chi connectivity index (χ3v) is 9.87. The van der Waals surface area contributed by atoms with Crippen LogP contribution < -0.4 is 5.32 Å². The number of aromatic nitrogens is 2. The zero-order valence-corrected chi connectivity index (χ0v) is 20.0. The molecule has 1 aliphatic heterocycles. The highest BCUT2D eigenvalue weighted by Crippen LogP contribution is 2.67. The summed E-state index contributed by atoms with van der Waals surface area (Å²) in [5.74, 6) is 2.31. The van der Waals surface area contributed by atoms with Gasteiger partial charge in [-0.05, 0) is 73.7 Å². The summed E-state index contributed by atoms with van der Waals surface area (Å²) in [5, 5.41) is 11.5. The van der Waals surface area contributed by atoms with E-state index in [4.69, 9.17) is 11.6 Å². The smallest absolute Gasteiger partial charge is 0.226 e. The Balaban J connectivity index is 1.36. The maximum absolute atomic E-state index is 12.8. The highest BCUT2D eigenvalue weighted by molar-refractivity contribution is 6.30. The maximum atomic E-state index is 12.8. The first kappa shape index (κ1) is 21.9. The molecule has 0 spiro atoms. The summed E-state index contributed by atoms with van der Waals surface area (Å²) in [6.45, 7) is 4.76. The van der Waals surface area contributed by atoms with Crippen molar-refractivity contribution in [3.8, 4) is 0 Å². The molecular weight excluding hydrogens is 424 g/mol. The minimum Gasteiger partial charge on any atom is -0.325 e. The van der Waals surface area contributed by atoms with Crippen LogP contribution in [0.5, 0.6) is 0 Å². The zero-order chi connectivity index (χ0) is 22.7. The summed E-state index contributed by atoms with van der Waals surface area (Å²) < 4.78 is 0. The van der Waals surface area contributed by atoms with Crippen molar-refractivity contribution in [1.82, 2.24) is 15.1 Å². The molecule has 3 aliphatic carbocycles. The molecule has 5 rings (SSSR count). The number of halogens is 1. The molecule has 1 N–H and O–H groups in total. The molecular formula is C25H33ClN4O2. The summed E-state index contributed by atoms with van der Waals surface area (Å²) in [7, 11) is 1.90. The van der Waals surface area contributed by atoms with Crippen molar-refractivity contribution in [2.75, 3.05) is 12.4 Å². The van der Waals surface area contributed by atoms with E-state index >= 15 is 0 Å². The Labute approximate surface area is 195 Å². The molecule has 2 heterocycles. The molecule has 2 saturated carbocycles. The SMILES string of the molecule is CN1C(=O)CC[C@@]2(C)C1=C(Cl)CC1C2CC[C@]2(C)[C@@H](CC(=O)Nc3ccnnc3)CC[C@@H]12. The van der Waals surface area contributed by atoms with Crippen LogP contribution in [-0.4, -0.2) is 34.0 Å². The first-order valence-electron chi connectivity index (χ1n) is 12.0. The number of piperidine rings is 1. The first-order chi connectivity index (χ1) is 15.2. The third kappa shape index (κ3) is 3.28. The van der Waals surface area contributed by atoms with Gasteiger partial charge in [0.25, 0.3) is 0 Å². The van der Waals surface area contributed by atoms with Crippen LogP contribution in [0.2, 0.25) is 0 Å². The van der Waals surface area contributed by atoms with E-state index in [2.05, 4.69) is 29.4 Å². The van der Waals surface area contributed by atoms with Gasteiger partial charge >= 0.3 is 0 Å². The molecule has 4 aliphatic rings. The third-order valence-electron chi connectivity index (χ3n) is 9.53. The van der Waals surface area contributed by atoms with Gasteiger partial charge in [0.15, 0.2) is 0 Å². The molecule has 172 valence electrons. The van der Waals surface area contributed by atoms with E-state index in [9.17, 15) is 9.59 Å². The molecule has 0 radical (unpaired) electrons. The first-order valence-corrected chi connectivity index (χ1v) is 12.3. The molecule has 1 aromatic rings. The Morgan fingerprint density at radius 1 is 1.22 bits per heavy atom. The van der Waals surface area contributed by atoms with Crippen molar-refractivity contribution in [2.24, 2.45) is 34.5 Å². The van der Waals surface area contributed by atoms with E-state index in [0.29, 0.717) is 42.2 Å².